The lowest BCUT2D eigenvalue weighted by Gasteiger charge is -2.21. The lowest BCUT2D eigenvalue weighted by atomic mass is 10.0. The van der Waals surface area contributed by atoms with Crippen molar-refractivity contribution < 1.29 is 9.21 Å². The predicted octanol–water partition coefficient (Wildman–Crippen LogP) is 2.92. The average Bonchev–Trinajstić information content (AvgIpc) is 2.94. The topological polar surface area (TPSA) is 80.3 Å². The molecular formula is C15H17N3O2. The Bertz CT molecular complexity index is 635. The van der Waals surface area contributed by atoms with E-state index in [1.54, 1.807) is 6.26 Å². The van der Waals surface area contributed by atoms with Crippen molar-refractivity contribution in [3.63, 3.8) is 0 Å². The van der Waals surface area contributed by atoms with Gasteiger partial charge in [0.25, 0.3) is 0 Å². The van der Waals surface area contributed by atoms with Crippen molar-refractivity contribution in [2.24, 2.45) is 0 Å². The molecule has 1 aliphatic rings. The molecule has 5 heteroatoms. The van der Waals surface area contributed by atoms with Gasteiger partial charge >= 0.3 is 0 Å². The van der Waals surface area contributed by atoms with E-state index in [-0.39, 0.29) is 11.9 Å². The highest BCUT2D eigenvalue weighted by Gasteiger charge is 2.18. The molecule has 1 aromatic carbocycles. The zero-order chi connectivity index (χ0) is 14.1. The highest BCUT2D eigenvalue weighted by atomic mass is 16.3. The fraction of sp³-hybridized carbons (Fsp3) is 0.267. The van der Waals surface area contributed by atoms with Crippen LogP contribution in [0.4, 0.5) is 17.1 Å². The summed E-state index contributed by atoms with van der Waals surface area (Å²) >= 11 is 0. The van der Waals surface area contributed by atoms with E-state index < -0.39 is 0 Å². The maximum Gasteiger partial charge on any atom is 0.224 e. The normalized spacial score (nSPS) is 15.3. The zero-order valence-corrected chi connectivity index (χ0v) is 11.3. The third-order valence-corrected chi connectivity index (χ3v) is 3.51. The summed E-state index contributed by atoms with van der Waals surface area (Å²) in [6, 6.07) is 7.63. The molecular weight excluding hydrogens is 254 g/mol. The first kappa shape index (κ1) is 12.6. The standard InChI is InChI=1S/C15H17N3O2/c1-9(14-3-2-6-20-14)17-13-7-10-4-5-15(19)18-12(10)8-11(13)16/h2-3,6-9,17H,4-5,16H2,1H3,(H,18,19). The van der Waals surface area contributed by atoms with Gasteiger partial charge < -0.3 is 20.8 Å². The molecule has 0 spiro atoms. The number of aryl methyl sites for hydroxylation is 1. The van der Waals surface area contributed by atoms with Crippen molar-refractivity contribution in [1.82, 2.24) is 0 Å². The third-order valence-electron chi connectivity index (χ3n) is 3.51. The van der Waals surface area contributed by atoms with Crippen LogP contribution in [-0.4, -0.2) is 5.91 Å². The molecule has 3 rings (SSSR count). The lowest BCUT2D eigenvalue weighted by Crippen LogP contribution is -2.19. The first-order valence-corrected chi connectivity index (χ1v) is 6.65. The molecule has 2 heterocycles. The Morgan fingerprint density at radius 3 is 3.00 bits per heavy atom. The van der Waals surface area contributed by atoms with Gasteiger partial charge in [0.2, 0.25) is 5.91 Å². The van der Waals surface area contributed by atoms with Crippen LogP contribution in [0.15, 0.2) is 34.9 Å². The van der Waals surface area contributed by atoms with Gasteiger partial charge in [-0.1, -0.05) is 0 Å². The third kappa shape index (κ3) is 2.34. The first-order chi connectivity index (χ1) is 9.63. The monoisotopic (exact) mass is 271 g/mol. The van der Waals surface area contributed by atoms with E-state index in [9.17, 15) is 4.79 Å². The summed E-state index contributed by atoms with van der Waals surface area (Å²) in [6.07, 6.45) is 2.91. The summed E-state index contributed by atoms with van der Waals surface area (Å²) in [5.74, 6) is 0.900. The number of carbonyl (C=O) groups excluding carboxylic acids is 1. The molecule has 0 aliphatic carbocycles. The van der Waals surface area contributed by atoms with Crippen LogP contribution in [0.2, 0.25) is 0 Å². The quantitative estimate of drug-likeness (QED) is 0.750. The molecule has 104 valence electrons. The number of rotatable bonds is 3. The second-order valence-corrected chi connectivity index (χ2v) is 5.03. The molecule has 5 nitrogen and oxygen atoms in total. The van der Waals surface area contributed by atoms with Crippen LogP contribution in [0.3, 0.4) is 0 Å². The molecule has 1 atom stereocenters. The van der Waals surface area contributed by atoms with E-state index in [0.717, 1.165) is 29.1 Å². The number of nitrogens with one attached hydrogen (secondary N) is 2. The number of benzene rings is 1. The zero-order valence-electron chi connectivity index (χ0n) is 11.3. The molecule has 0 bridgehead atoms. The number of fused-ring (bicyclic) bond motifs is 1. The summed E-state index contributed by atoms with van der Waals surface area (Å²) in [6.45, 7) is 2.01. The Labute approximate surface area is 117 Å². The Morgan fingerprint density at radius 2 is 2.25 bits per heavy atom. The van der Waals surface area contributed by atoms with E-state index in [2.05, 4.69) is 10.6 Å². The maximum atomic E-state index is 11.4. The fourth-order valence-electron chi connectivity index (χ4n) is 2.41. The van der Waals surface area contributed by atoms with Crippen LogP contribution in [0.1, 0.15) is 30.7 Å². The smallest absolute Gasteiger partial charge is 0.224 e. The Hall–Kier alpha value is -2.43. The van der Waals surface area contributed by atoms with Crippen molar-refractivity contribution in [3.05, 3.63) is 41.9 Å². The molecule has 1 amide bonds. The van der Waals surface area contributed by atoms with Gasteiger partial charge in [-0.25, -0.2) is 0 Å². The first-order valence-electron chi connectivity index (χ1n) is 6.65. The number of anilines is 3. The number of hydrogen-bond donors (Lipinski definition) is 3. The number of nitrogens with two attached hydrogens (primary N) is 1. The molecule has 1 aliphatic heterocycles. The van der Waals surface area contributed by atoms with E-state index in [0.29, 0.717) is 12.1 Å². The molecule has 1 unspecified atom stereocenters. The van der Waals surface area contributed by atoms with Gasteiger partial charge in [0, 0.05) is 12.1 Å². The van der Waals surface area contributed by atoms with Crippen molar-refractivity contribution in [2.45, 2.75) is 25.8 Å². The van der Waals surface area contributed by atoms with E-state index in [4.69, 9.17) is 10.2 Å². The van der Waals surface area contributed by atoms with Gasteiger partial charge in [-0.2, -0.15) is 0 Å². The van der Waals surface area contributed by atoms with Crippen LogP contribution in [0.25, 0.3) is 0 Å². The minimum absolute atomic E-state index is 0.0310. The van der Waals surface area contributed by atoms with Gasteiger partial charge in [-0.15, -0.1) is 0 Å². The number of hydrogen-bond acceptors (Lipinski definition) is 4. The highest BCUT2D eigenvalue weighted by molar-refractivity contribution is 5.95. The van der Waals surface area contributed by atoms with Gasteiger partial charge in [-0.3, -0.25) is 4.79 Å². The highest BCUT2D eigenvalue weighted by Crippen LogP contribution is 2.32. The van der Waals surface area contributed by atoms with Crippen molar-refractivity contribution in [2.75, 3.05) is 16.4 Å². The van der Waals surface area contributed by atoms with E-state index in [1.807, 2.05) is 31.2 Å². The number of carbonyl (C=O) groups is 1. The van der Waals surface area contributed by atoms with Crippen molar-refractivity contribution >= 4 is 23.0 Å². The summed E-state index contributed by atoms with van der Waals surface area (Å²) in [7, 11) is 0. The molecule has 0 saturated carbocycles. The molecule has 0 radical (unpaired) electrons. The largest absolute Gasteiger partial charge is 0.467 e. The molecule has 0 fully saturated rings. The van der Waals surface area contributed by atoms with E-state index in [1.165, 1.54) is 0 Å². The maximum absolute atomic E-state index is 11.4. The summed E-state index contributed by atoms with van der Waals surface area (Å²) in [5.41, 5.74) is 9.45. The van der Waals surface area contributed by atoms with Gasteiger partial charge in [-0.05, 0) is 43.2 Å². The summed E-state index contributed by atoms with van der Waals surface area (Å²) in [4.78, 5) is 11.4. The van der Waals surface area contributed by atoms with Crippen molar-refractivity contribution in [1.29, 1.82) is 0 Å². The molecule has 0 saturated heterocycles. The number of nitrogen functional groups attached to an aromatic ring is 1. The predicted molar refractivity (Wildman–Crippen MR) is 78.6 cm³/mol. The second kappa shape index (κ2) is 4.92. The Morgan fingerprint density at radius 1 is 1.40 bits per heavy atom. The van der Waals surface area contributed by atoms with Crippen LogP contribution < -0.4 is 16.4 Å². The molecule has 4 N–H and O–H groups in total. The lowest BCUT2D eigenvalue weighted by molar-refractivity contribution is -0.116. The average molecular weight is 271 g/mol. The van der Waals surface area contributed by atoms with Gasteiger partial charge in [0.1, 0.15) is 5.76 Å². The SMILES string of the molecule is CC(Nc1cc2c(cc1N)NC(=O)CC2)c1ccco1. The molecule has 1 aromatic heterocycles. The van der Waals surface area contributed by atoms with Crippen molar-refractivity contribution in [3.8, 4) is 0 Å². The van der Waals surface area contributed by atoms with Crippen LogP contribution in [-0.2, 0) is 11.2 Å². The van der Waals surface area contributed by atoms with Gasteiger partial charge in [0.15, 0.2) is 0 Å². The second-order valence-electron chi connectivity index (χ2n) is 5.03. The van der Waals surface area contributed by atoms with Gasteiger partial charge in [0.05, 0.1) is 23.7 Å². The Balaban J connectivity index is 1.85. The molecule has 2 aromatic rings. The summed E-state index contributed by atoms with van der Waals surface area (Å²) in [5, 5.41) is 6.19. The Kier molecular flexibility index (Phi) is 3.10. The number of amides is 1. The van der Waals surface area contributed by atoms with Crippen LogP contribution in [0, 0.1) is 0 Å². The van der Waals surface area contributed by atoms with Crippen LogP contribution >= 0.6 is 0 Å². The number of furan rings is 1. The minimum Gasteiger partial charge on any atom is -0.467 e. The van der Waals surface area contributed by atoms with Crippen LogP contribution in [0.5, 0.6) is 0 Å². The molecule has 20 heavy (non-hydrogen) atoms. The minimum atomic E-state index is 0.0310. The fourth-order valence-corrected chi connectivity index (χ4v) is 2.41. The summed E-state index contributed by atoms with van der Waals surface area (Å²) < 4.78 is 5.37. The van der Waals surface area contributed by atoms with E-state index >= 15 is 0 Å².